The van der Waals surface area contributed by atoms with Gasteiger partial charge in [-0.1, -0.05) is 24.3 Å². The van der Waals surface area contributed by atoms with Crippen LogP contribution in [0.15, 0.2) is 54.6 Å². The van der Waals surface area contributed by atoms with E-state index in [0.717, 1.165) is 55.2 Å². The first-order valence-corrected chi connectivity index (χ1v) is 12.5. The van der Waals surface area contributed by atoms with Gasteiger partial charge in [-0.05, 0) is 52.6 Å². The lowest BCUT2D eigenvalue weighted by Crippen LogP contribution is -2.45. The molecule has 0 unspecified atom stereocenters. The van der Waals surface area contributed by atoms with Gasteiger partial charge < -0.3 is 19.7 Å². The summed E-state index contributed by atoms with van der Waals surface area (Å²) in [6.07, 6.45) is 1.93. The zero-order chi connectivity index (χ0) is 25.4. The lowest BCUT2D eigenvalue weighted by molar-refractivity contribution is 0.0348. The Morgan fingerprint density at radius 3 is 2.70 bits per heavy atom. The number of urea groups is 1. The Hall–Kier alpha value is -3.75. The molecular formula is C29H27F2N3O3. The van der Waals surface area contributed by atoms with Gasteiger partial charge in [0, 0.05) is 55.6 Å². The topological polar surface area (TPSA) is 54.0 Å². The number of carbonyl (C=O) groups is 1. The number of amides is 2. The highest BCUT2D eigenvalue weighted by molar-refractivity contribution is 5.96. The number of fused-ring (bicyclic) bond motifs is 3. The van der Waals surface area contributed by atoms with Crippen LogP contribution in [0.5, 0.6) is 5.75 Å². The van der Waals surface area contributed by atoms with E-state index >= 15 is 0 Å². The Bertz CT molecular complexity index is 1380. The summed E-state index contributed by atoms with van der Waals surface area (Å²) in [6, 6.07) is 15.1. The van der Waals surface area contributed by atoms with Gasteiger partial charge in [-0.3, -0.25) is 4.90 Å². The summed E-state index contributed by atoms with van der Waals surface area (Å²) in [7, 11) is 0. The summed E-state index contributed by atoms with van der Waals surface area (Å²) in [5, 5.41) is 3.02. The van der Waals surface area contributed by atoms with E-state index in [1.807, 2.05) is 35.2 Å². The van der Waals surface area contributed by atoms with Crippen molar-refractivity contribution in [2.24, 2.45) is 0 Å². The van der Waals surface area contributed by atoms with E-state index in [4.69, 9.17) is 9.47 Å². The maximum Gasteiger partial charge on any atom is 0.322 e. The molecule has 2 amide bonds. The predicted molar refractivity (Wildman–Crippen MR) is 137 cm³/mol. The van der Waals surface area contributed by atoms with Crippen molar-refractivity contribution in [2.75, 3.05) is 44.7 Å². The molecule has 0 bridgehead atoms. The Morgan fingerprint density at radius 2 is 1.84 bits per heavy atom. The summed E-state index contributed by atoms with van der Waals surface area (Å²) in [5.41, 5.74) is 5.16. The Morgan fingerprint density at radius 1 is 0.973 bits per heavy atom. The third-order valence-electron chi connectivity index (χ3n) is 7.14. The minimum Gasteiger partial charge on any atom is -0.488 e. The van der Waals surface area contributed by atoms with Gasteiger partial charge in [0.25, 0.3) is 0 Å². The van der Waals surface area contributed by atoms with Crippen LogP contribution in [0.25, 0.3) is 11.6 Å². The van der Waals surface area contributed by atoms with Crippen LogP contribution in [0.4, 0.5) is 19.3 Å². The maximum atomic E-state index is 14.7. The minimum absolute atomic E-state index is 0.0103. The molecule has 8 heteroatoms. The number of ether oxygens (including phenoxy) is 2. The molecule has 190 valence electrons. The summed E-state index contributed by atoms with van der Waals surface area (Å²) in [4.78, 5) is 17.0. The van der Waals surface area contributed by atoms with Crippen molar-refractivity contribution in [3.63, 3.8) is 0 Å². The van der Waals surface area contributed by atoms with Crippen LogP contribution in [0.2, 0.25) is 0 Å². The van der Waals surface area contributed by atoms with Gasteiger partial charge in [0.2, 0.25) is 0 Å². The number of anilines is 1. The van der Waals surface area contributed by atoms with E-state index in [1.165, 1.54) is 18.2 Å². The van der Waals surface area contributed by atoms with Crippen LogP contribution in [-0.4, -0.2) is 55.2 Å². The first-order chi connectivity index (χ1) is 18.0. The third-order valence-corrected chi connectivity index (χ3v) is 7.14. The molecule has 0 atom stereocenters. The molecule has 1 saturated heterocycles. The lowest BCUT2D eigenvalue weighted by Gasteiger charge is -2.33. The summed E-state index contributed by atoms with van der Waals surface area (Å²) >= 11 is 0. The van der Waals surface area contributed by atoms with Crippen molar-refractivity contribution in [3.05, 3.63) is 94.0 Å². The average molecular weight is 504 g/mol. The van der Waals surface area contributed by atoms with E-state index in [9.17, 15) is 13.6 Å². The molecule has 0 saturated carbocycles. The van der Waals surface area contributed by atoms with Gasteiger partial charge in [0.15, 0.2) is 0 Å². The number of nitrogens with one attached hydrogen (secondary N) is 1. The fourth-order valence-electron chi connectivity index (χ4n) is 5.09. The van der Waals surface area contributed by atoms with Gasteiger partial charge in [-0.2, -0.15) is 0 Å². The largest absolute Gasteiger partial charge is 0.488 e. The van der Waals surface area contributed by atoms with Crippen LogP contribution in [0.3, 0.4) is 0 Å². The van der Waals surface area contributed by atoms with Crippen molar-refractivity contribution in [1.82, 2.24) is 9.80 Å². The number of morpholine rings is 1. The molecular weight excluding hydrogens is 476 g/mol. The smallest absolute Gasteiger partial charge is 0.322 e. The highest BCUT2D eigenvalue weighted by Gasteiger charge is 2.25. The number of nitrogens with zero attached hydrogens (tertiary/aromatic N) is 2. The van der Waals surface area contributed by atoms with E-state index < -0.39 is 5.82 Å². The molecule has 6 rings (SSSR count). The van der Waals surface area contributed by atoms with Crippen LogP contribution in [0, 0.1) is 11.6 Å². The molecule has 0 spiro atoms. The summed E-state index contributed by atoms with van der Waals surface area (Å²) in [5.74, 6) is -0.422. The van der Waals surface area contributed by atoms with Gasteiger partial charge in [0.05, 0.1) is 13.2 Å². The number of halogens is 2. The molecule has 3 aromatic carbocycles. The van der Waals surface area contributed by atoms with Crippen molar-refractivity contribution in [1.29, 1.82) is 0 Å². The molecule has 3 aromatic rings. The SMILES string of the molecule is O=C1Nc2cc(/C=C3/c4ccc(F)cc4OCc4c(F)cccc43)ccc2CN1CCN1CCOCC1. The zero-order valence-corrected chi connectivity index (χ0v) is 20.3. The fraction of sp³-hybridized carbons (Fsp3) is 0.276. The first kappa shape index (κ1) is 23.6. The maximum absolute atomic E-state index is 14.7. The van der Waals surface area contributed by atoms with Crippen LogP contribution < -0.4 is 10.1 Å². The van der Waals surface area contributed by atoms with Crippen molar-refractivity contribution in [3.8, 4) is 5.75 Å². The van der Waals surface area contributed by atoms with E-state index in [2.05, 4.69) is 10.2 Å². The van der Waals surface area contributed by atoms with Gasteiger partial charge >= 0.3 is 6.03 Å². The molecule has 0 radical (unpaired) electrons. The minimum atomic E-state index is -0.417. The van der Waals surface area contributed by atoms with Gasteiger partial charge in [-0.15, -0.1) is 0 Å². The molecule has 3 aliphatic heterocycles. The number of benzene rings is 3. The highest BCUT2D eigenvalue weighted by Crippen LogP contribution is 2.39. The molecule has 6 nitrogen and oxygen atoms in total. The Labute approximate surface area is 214 Å². The molecule has 3 heterocycles. The standard InChI is InChI=1S/C29H27F2N3O3/c30-21-6-7-23-24(22-2-1-3-26(31)25(22)18-37-28(23)16-21)14-19-4-5-20-17-34(29(35)32-27(20)15-19)9-8-33-10-12-36-13-11-33/h1-7,14-16H,8-13,17-18H2,(H,32,35)/b24-14+. The Balaban J connectivity index is 1.30. The molecule has 1 fully saturated rings. The van der Waals surface area contributed by atoms with Crippen molar-refractivity contribution >= 4 is 23.4 Å². The number of hydrogen-bond acceptors (Lipinski definition) is 4. The van der Waals surface area contributed by atoms with E-state index in [0.29, 0.717) is 35.5 Å². The fourth-order valence-corrected chi connectivity index (χ4v) is 5.09. The predicted octanol–water partition coefficient (Wildman–Crippen LogP) is 5.13. The molecule has 0 aliphatic carbocycles. The monoisotopic (exact) mass is 503 g/mol. The second-order valence-electron chi connectivity index (χ2n) is 9.48. The summed E-state index contributed by atoms with van der Waals surface area (Å²) < 4.78 is 39.9. The zero-order valence-electron chi connectivity index (χ0n) is 20.3. The quantitative estimate of drug-likeness (QED) is 0.537. The van der Waals surface area contributed by atoms with Gasteiger partial charge in [0.1, 0.15) is 24.0 Å². The number of hydrogen-bond donors (Lipinski definition) is 1. The second kappa shape index (κ2) is 9.95. The molecule has 0 aromatic heterocycles. The van der Waals surface area contributed by atoms with Crippen molar-refractivity contribution < 1.29 is 23.0 Å². The highest BCUT2D eigenvalue weighted by atomic mass is 19.1. The van der Waals surface area contributed by atoms with E-state index in [1.54, 1.807) is 12.1 Å². The lowest BCUT2D eigenvalue weighted by atomic mass is 9.92. The number of rotatable bonds is 4. The van der Waals surface area contributed by atoms with Crippen molar-refractivity contribution in [2.45, 2.75) is 13.2 Å². The third kappa shape index (κ3) is 4.82. The average Bonchev–Trinajstić information content (AvgIpc) is 3.05. The summed E-state index contributed by atoms with van der Waals surface area (Å²) in [6.45, 7) is 5.24. The van der Waals surface area contributed by atoms with E-state index in [-0.39, 0.29) is 18.5 Å². The van der Waals surface area contributed by atoms with Crippen LogP contribution in [0.1, 0.15) is 27.8 Å². The second-order valence-corrected chi connectivity index (χ2v) is 9.48. The Kier molecular flexibility index (Phi) is 6.36. The van der Waals surface area contributed by atoms with Gasteiger partial charge in [-0.25, -0.2) is 13.6 Å². The molecule has 37 heavy (non-hydrogen) atoms. The van der Waals surface area contributed by atoms with Crippen LogP contribution in [-0.2, 0) is 17.9 Å². The molecule has 1 N–H and O–H groups in total. The first-order valence-electron chi connectivity index (χ1n) is 12.5. The molecule has 3 aliphatic rings. The number of carbonyl (C=O) groups excluding carboxylic acids is 1. The van der Waals surface area contributed by atoms with Crippen LogP contribution >= 0.6 is 0 Å². The normalized spacial score (nSPS) is 18.4.